The Labute approximate surface area is 169 Å². The second-order valence-corrected chi connectivity index (χ2v) is 6.84. The highest BCUT2D eigenvalue weighted by Gasteiger charge is 2.35. The maximum Gasteiger partial charge on any atom is 0.227 e. The molecule has 1 aliphatic rings. The van der Waals surface area contributed by atoms with Gasteiger partial charge < -0.3 is 19.6 Å². The maximum atomic E-state index is 12.7. The van der Waals surface area contributed by atoms with Gasteiger partial charge in [0.2, 0.25) is 17.6 Å². The fourth-order valence-electron chi connectivity index (χ4n) is 3.63. The summed E-state index contributed by atoms with van der Waals surface area (Å²) in [6, 6.07) is 12.0. The van der Waals surface area contributed by atoms with E-state index >= 15 is 0 Å². The molecular weight excluding hydrogens is 380 g/mol. The molecule has 4 rings (SSSR count). The molecule has 1 aromatic carbocycles. The maximum absolute atomic E-state index is 12.7. The number of aryl methyl sites for hydroxylation is 1. The zero-order valence-electron chi connectivity index (χ0n) is 15.4. The molecule has 1 fully saturated rings. The van der Waals surface area contributed by atoms with Gasteiger partial charge >= 0.3 is 0 Å². The van der Waals surface area contributed by atoms with E-state index in [1.165, 1.54) is 5.56 Å². The normalized spacial score (nSPS) is 18.8. The van der Waals surface area contributed by atoms with Crippen molar-refractivity contribution in [3.63, 3.8) is 0 Å². The van der Waals surface area contributed by atoms with E-state index in [-0.39, 0.29) is 30.2 Å². The number of nitrogens with zero attached hydrogens (tertiary/aromatic N) is 3. The molecule has 0 unspecified atom stereocenters. The Bertz CT molecular complexity index is 882. The zero-order chi connectivity index (χ0) is 18.6. The van der Waals surface area contributed by atoms with Crippen molar-refractivity contribution in [2.45, 2.75) is 18.8 Å². The highest BCUT2D eigenvalue weighted by molar-refractivity contribution is 5.85. The summed E-state index contributed by atoms with van der Waals surface area (Å²) in [7, 11) is 0. The Hall–Kier alpha value is -2.64. The second kappa shape index (κ2) is 9.03. The van der Waals surface area contributed by atoms with E-state index in [4.69, 9.17) is 14.7 Å². The molecular formula is C20H23ClN4O3. The molecule has 2 atom stereocenters. The highest BCUT2D eigenvalue weighted by atomic mass is 35.5. The van der Waals surface area contributed by atoms with Crippen LogP contribution in [0.2, 0.25) is 0 Å². The smallest absolute Gasteiger partial charge is 0.227 e. The van der Waals surface area contributed by atoms with Crippen molar-refractivity contribution in [1.29, 1.82) is 0 Å². The van der Waals surface area contributed by atoms with Gasteiger partial charge in [0.25, 0.3) is 0 Å². The number of halogens is 1. The van der Waals surface area contributed by atoms with Crippen LogP contribution in [-0.2, 0) is 11.2 Å². The first-order valence-electron chi connectivity index (χ1n) is 9.12. The summed E-state index contributed by atoms with van der Waals surface area (Å²) >= 11 is 0. The molecule has 2 N–H and O–H groups in total. The van der Waals surface area contributed by atoms with Gasteiger partial charge in [-0.05, 0) is 24.1 Å². The summed E-state index contributed by atoms with van der Waals surface area (Å²) in [5.74, 6) is 1.59. The first-order chi connectivity index (χ1) is 13.2. The van der Waals surface area contributed by atoms with Crippen molar-refractivity contribution in [2.24, 2.45) is 11.7 Å². The van der Waals surface area contributed by atoms with Crippen molar-refractivity contribution in [3.05, 3.63) is 60.4 Å². The largest absolute Gasteiger partial charge is 0.472 e. The fraction of sp³-hybridized carbons (Fsp3) is 0.350. The summed E-state index contributed by atoms with van der Waals surface area (Å²) in [6.45, 7) is 1.97. The van der Waals surface area contributed by atoms with Gasteiger partial charge in [-0.1, -0.05) is 35.5 Å². The van der Waals surface area contributed by atoms with E-state index in [2.05, 4.69) is 22.3 Å². The Balaban J connectivity index is 0.00000225. The van der Waals surface area contributed by atoms with Crippen LogP contribution in [0, 0.1) is 5.92 Å². The Morgan fingerprint density at radius 2 is 2.04 bits per heavy atom. The molecule has 1 amide bonds. The predicted molar refractivity (Wildman–Crippen MR) is 106 cm³/mol. The van der Waals surface area contributed by atoms with Gasteiger partial charge in [0, 0.05) is 31.8 Å². The first kappa shape index (κ1) is 20.1. The average Bonchev–Trinajstić information content (AvgIpc) is 3.46. The third-order valence-electron chi connectivity index (χ3n) is 5.12. The number of carbonyl (C=O) groups is 1. The van der Waals surface area contributed by atoms with Crippen LogP contribution in [0.4, 0.5) is 0 Å². The molecule has 1 saturated heterocycles. The minimum absolute atomic E-state index is 0. The lowest BCUT2D eigenvalue weighted by Gasteiger charge is -2.16. The molecule has 0 spiro atoms. The van der Waals surface area contributed by atoms with Crippen LogP contribution in [0.25, 0.3) is 11.4 Å². The summed E-state index contributed by atoms with van der Waals surface area (Å²) in [5, 5.41) is 3.92. The first-order valence-corrected chi connectivity index (χ1v) is 9.12. The van der Waals surface area contributed by atoms with Gasteiger partial charge in [0.15, 0.2) is 0 Å². The number of aromatic nitrogens is 2. The van der Waals surface area contributed by atoms with Crippen LogP contribution < -0.4 is 5.73 Å². The van der Waals surface area contributed by atoms with Gasteiger partial charge in [-0.25, -0.2) is 0 Å². The number of hydrogen-bond donors (Lipinski definition) is 1. The predicted octanol–water partition coefficient (Wildman–Crippen LogP) is 2.88. The van der Waals surface area contributed by atoms with Crippen LogP contribution in [0.1, 0.15) is 23.8 Å². The molecule has 3 aromatic rings. The van der Waals surface area contributed by atoms with Gasteiger partial charge in [0.1, 0.15) is 6.26 Å². The number of furan rings is 1. The Morgan fingerprint density at radius 3 is 2.75 bits per heavy atom. The zero-order valence-corrected chi connectivity index (χ0v) is 16.2. The SMILES string of the molecule is Cl.NC[C@@H]1CN(C(=O)CCc2nc(-c3ccoc3)no2)C[C@H]1c1ccccc1. The summed E-state index contributed by atoms with van der Waals surface area (Å²) in [6.07, 6.45) is 3.87. The van der Waals surface area contributed by atoms with E-state index in [1.807, 2.05) is 23.1 Å². The fourth-order valence-corrected chi connectivity index (χ4v) is 3.63. The van der Waals surface area contributed by atoms with E-state index in [0.29, 0.717) is 44.2 Å². The van der Waals surface area contributed by atoms with Crippen LogP contribution in [0.15, 0.2) is 57.9 Å². The number of benzene rings is 1. The molecule has 0 radical (unpaired) electrons. The molecule has 28 heavy (non-hydrogen) atoms. The van der Waals surface area contributed by atoms with Gasteiger partial charge in [0.05, 0.1) is 11.8 Å². The van der Waals surface area contributed by atoms with Crippen molar-refractivity contribution < 1.29 is 13.7 Å². The monoisotopic (exact) mass is 402 g/mol. The minimum atomic E-state index is 0. The van der Waals surface area contributed by atoms with Gasteiger partial charge in [-0.2, -0.15) is 4.98 Å². The number of carbonyl (C=O) groups excluding carboxylic acids is 1. The highest BCUT2D eigenvalue weighted by Crippen LogP contribution is 2.32. The van der Waals surface area contributed by atoms with Crippen LogP contribution >= 0.6 is 12.4 Å². The van der Waals surface area contributed by atoms with E-state index < -0.39 is 0 Å². The van der Waals surface area contributed by atoms with Crippen molar-refractivity contribution >= 4 is 18.3 Å². The molecule has 7 nitrogen and oxygen atoms in total. The summed E-state index contributed by atoms with van der Waals surface area (Å²) in [4.78, 5) is 18.9. The van der Waals surface area contributed by atoms with Crippen molar-refractivity contribution in [1.82, 2.24) is 15.0 Å². The topological polar surface area (TPSA) is 98.4 Å². The van der Waals surface area contributed by atoms with Crippen LogP contribution in [-0.4, -0.2) is 40.6 Å². The summed E-state index contributed by atoms with van der Waals surface area (Å²) < 4.78 is 10.3. The molecule has 148 valence electrons. The number of likely N-dealkylation sites (tertiary alicyclic amines) is 1. The standard InChI is InChI=1S/C20H22N4O3.ClH/c21-10-16-11-24(12-17(16)14-4-2-1-3-5-14)19(25)7-6-18-22-20(23-27-18)15-8-9-26-13-15;/h1-5,8-9,13,16-17H,6-7,10-12,21H2;1H/t16-,17+;/m1./s1. The third-order valence-corrected chi connectivity index (χ3v) is 5.12. The molecule has 8 heteroatoms. The van der Waals surface area contributed by atoms with Gasteiger partial charge in [-0.15, -0.1) is 12.4 Å². The van der Waals surface area contributed by atoms with Crippen molar-refractivity contribution in [2.75, 3.05) is 19.6 Å². The quantitative estimate of drug-likeness (QED) is 0.680. The molecule has 2 aromatic heterocycles. The third kappa shape index (κ3) is 4.26. The lowest BCUT2D eigenvalue weighted by atomic mass is 9.89. The van der Waals surface area contributed by atoms with Crippen LogP contribution in [0.5, 0.6) is 0 Å². The molecule has 1 aliphatic heterocycles. The number of nitrogens with two attached hydrogens (primary N) is 1. The Morgan fingerprint density at radius 1 is 1.21 bits per heavy atom. The van der Waals surface area contributed by atoms with Crippen molar-refractivity contribution in [3.8, 4) is 11.4 Å². The van der Waals surface area contributed by atoms with E-state index in [9.17, 15) is 4.79 Å². The average molecular weight is 403 g/mol. The molecule has 3 heterocycles. The second-order valence-electron chi connectivity index (χ2n) is 6.84. The molecule has 0 saturated carbocycles. The minimum Gasteiger partial charge on any atom is -0.472 e. The number of amides is 1. The summed E-state index contributed by atoms with van der Waals surface area (Å²) in [5.41, 5.74) is 7.96. The Kier molecular flexibility index (Phi) is 6.49. The lowest BCUT2D eigenvalue weighted by molar-refractivity contribution is -0.130. The van der Waals surface area contributed by atoms with E-state index in [0.717, 1.165) is 5.56 Å². The molecule has 0 bridgehead atoms. The lowest BCUT2D eigenvalue weighted by Crippen LogP contribution is -2.30. The van der Waals surface area contributed by atoms with Gasteiger partial charge in [-0.3, -0.25) is 4.79 Å². The number of hydrogen-bond acceptors (Lipinski definition) is 6. The van der Waals surface area contributed by atoms with Crippen LogP contribution in [0.3, 0.4) is 0 Å². The number of rotatable bonds is 6. The van der Waals surface area contributed by atoms with E-state index in [1.54, 1.807) is 18.6 Å². The molecule has 0 aliphatic carbocycles.